The van der Waals surface area contributed by atoms with Gasteiger partial charge in [0.25, 0.3) is 0 Å². The first-order valence-corrected chi connectivity index (χ1v) is 5.28. The molecule has 0 bridgehead atoms. The number of nitrogens with zero attached hydrogens (tertiary/aromatic N) is 2. The van der Waals surface area contributed by atoms with Gasteiger partial charge in [0.15, 0.2) is 0 Å². The van der Waals surface area contributed by atoms with Crippen LogP contribution in [-0.4, -0.2) is 16.0 Å². The van der Waals surface area contributed by atoms with Crippen molar-refractivity contribution in [2.75, 3.05) is 10.7 Å². The van der Waals surface area contributed by atoms with E-state index in [1.54, 1.807) is 6.20 Å². The third kappa shape index (κ3) is 3.06. The predicted molar refractivity (Wildman–Crippen MR) is 62.6 cm³/mol. The lowest BCUT2D eigenvalue weighted by Gasteiger charge is -2.17. The third-order valence-corrected chi connectivity index (χ3v) is 2.43. The lowest BCUT2D eigenvalue weighted by Crippen LogP contribution is -2.20. The van der Waals surface area contributed by atoms with E-state index in [2.05, 4.69) is 34.6 Å². The Morgan fingerprint density at radius 3 is 2.60 bits per heavy atom. The van der Waals surface area contributed by atoms with E-state index in [1.165, 1.54) is 0 Å². The summed E-state index contributed by atoms with van der Waals surface area (Å²) in [5, 5.41) is 3.37. The Balaban J connectivity index is 2.82. The fraction of sp³-hybridized carbons (Fsp3) is 0.600. The van der Waals surface area contributed by atoms with Crippen molar-refractivity contribution in [2.24, 2.45) is 5.84 Å². The summed E-state index contributed by atoms with van der Waals surface area (Å²) < 4.78 is 0. The smallest absolute Gasteiger partial charge is 0.239 e. The monoisotopic (exact) mass is 209 g/mol. The quantitative estimate of drug-likeness (QED) is 0.508. The summed E-state index contributed by atoms with van der Waals surface area (Å²) >= 11 is 0. The summed E-state index contributed by atoms with van der Waals surface area (Å²) in [5.74, 6) is 6.55. The molecule has 0 saturated carbocycles. The summed E-state index contributed by atoms with van der Waals surface area (Å²) in [6.07, 6.45) is 3.91. The van der Waals surface area contributed by atoms with E-state index in [1.807, 2.05) is 6.92 Å². The first-order chi connectivity index (χ1) is 7.21. The highest BCUT2D eigenvalue weighted by molar-refractivity contribution is 5.46. The van der Waals surface area contributed by atoms with Crippen LogP contribution in [-0.2, 0) is 0 Å². The van der Waals surface area contributed by atoms with Gasteiger partial charge in [-0.3, -0.25) is 5.43 Å². The van der Waals surface area contributed by atoms with Crippen molar-refractivity contribution in [2.45, 2.75) is 39.7 Å². The molecule has 0 aliphatic heterocycles. The lowest BCUT2D eigenvalue weighted by atomic mass is 10.1. The fourth-order valence-electron chi connectivity index (χ4n) is 1.34. The number of nitrogens with two attached hydrogens (primary N) is 1. The Labute approximate surface area is 90.5 Å². The molecule has 0 spiro atoms. The molecule has 5 nitrogen and oxygen atoms in total. The molecule has 0 atom stereocenters. The van der Waals surface area contributed by atoms with Crippen LogP contribution in [0, 0.1) is 6.92 Å². The minimum atomic E-state index is 0.439. The van der Waals surface area contributed by atoms with Crippen LogP contribution in [0.4, 0.5) is 11.8 Å². The first kappa shape index (κ1) is 11.7. The second-order valence-electron chi connectivity index (χ2n) is 3.53. The van der Waals surface area contributed by atoms with Crippen LogP contribution in [0.2, 0.25) is 0 Å². The standard InChI is InChI=1S/C10H19N5/c1-4-8(5-2)13-9-7(3)6-12-10(14-9)15-11/h6,8H,4-5,11H2,1-3H3,(H2,12,13,14,15). The predicted octanol–water partition coefficient (Wildman–Crippen LogP) is 1.67. The molecule has 0 radical (unpaired) electrons. The van der Waals surface area contributed by atoms with Crippen LogP contribution in [0.25, 0.3) is 0 Å². The Morgan fingerprint density at radius 1 is 1.40 bits per heavy atom. The molecule has 0 amide bonds. The van der Waals surface area contributed by atoms with Crippen LogP contribution in [0.1, 0.15) is 32.3 Å². The molecule has 1 aromatic heterocycles. The van der Waals surface area contributed by atoms with Gasteiger partial charge in [-0.15, -0.1) is 0 Å². The summed E-state index contributed by atoms with van der Waals surface area (Å²) in [6.45, 7) is 6.28. The summed E-state index contributed by atoms with van der Waals surface area (Å²) in [4.78, 5) is 8.30. The topological polar surface area (TPSA) is 75.9 Å². The number of nitrogens with one attached hydrogen (secondary N) is 2. The highest BCUT2D eigenvalue weighted by atomic mass is 15.3. The molecule has 4 N–H and O–H groups in total. The Hall–Kier alpha value is -1.36. The number of aryl methyl sites for hydroxylation is 1. The molecule has 1 heterocycles. The van der Waals surface area contributed by atoms with Gasteiger partial charge in [-0.05, 0) is 19.8 Å². The van der Waals surface area contributed by atoms with E-state index >= 15 is 0 Å². The summed E-state index contributed by atoms with van der Waals surface area (Å²) in [6, 6.07) is 0.448. The largest absolute Gasteiger partial charge is 0.367 e. The van der Waals surface area contributed by atoms with Crippen molar-refractivity contribution in [3.63, 3.8) is 0 Å². The van der Waals surface area contributed by atoms with Crippen LogP contribution in [0.5, 0.6) is 0 Å². The highest BCUT2D eigenvalue weighted by Gasteiger charge is 2.07. The van der Waals surface area contributed by atoms with Gasteiger partial charge in [0.2, 0.25) is 5.95 Å². The maximum atomic E-state index is 5.26. The molecule has 0 unspecified atom stereocenters. The highest BCUT2D eigenvalue weighted by Crippen LogP contribution is 2.15. The van der Waals surface area contributed by atoms with Gasteiger partial charge >= 0.3 is 0 Å². The van der Waals surface area contributed by atoms with E-state index in [0.29, 0.717) is 12.0 Å². The SMILES string of the molecule is CCC(CC)Nc1nc(NN)ncc1C. The number of hydrogen-bond donors (Lipinski definition) is 3. The van der Waals surface area contributed by atoms with Gasteiger partial charge in [-0.25, -0.2) is 10.8 Å². The van der Waals surface area contributed by atoms with E-state index in [0.717, 1.165) is 24.2 Å². The van der Waals surface area contributed by atoms with E-state index in [9.17, 15) is 0 Å². The molecule has 5 heteroatoms. The number of anilines is 2. The fourth-order valence-corrected chi connectivity index (χ4v) is 1.34. The second kappa shape index (κ2) is 5.50. The molecule has 0 aliphatic carbocycles. The van der Waals surface area contributed by atoms with Crippen molar-refractivity contribution < 1.29 is 0 Å². The van der Waals surface area contributed by atoms with Gasteiger partial charge < -0.3 is 5.32 Å². The van der Waals surface area contributed by atoms with Crippen molar-refractivity contribution in [3.8, 4) is 0 Å². The van der Waals surface area contributed by atoms with Gasteiger partial charge in [0, 0.05) is 17.8 Å². The third-order valence-electron chi connectivity index (χ3n) is 2.43. The van der Waals surface area contributed by atoms with Crippen LogP contribution >= 0.6 is 0 Å². The van der Waals surface area contributed by atoms with Gasteiger partial charge in [0.05, 0.1) is 0 Å². The van der Waals surface area contributed by atoms with E-state index in [4.69, 9.17) is 5.84 Å². The molecule has 0 aromatic carbocycles. The van der Waals surface area contributed by atoms with Gasteiger partial charge in [-0.2, -0.15) is 4.98 Å². The van der Waals surface area contributed by atoms with Gasteiger partial charge in [-0.1, -0.05) is 13.8 Å². The minimum absolute atomic E-state index is 0.439. The number of hydrazine groups is 1. The molecular formula is C10H19N5. The second-order valence-corrected chi connectivity index (χ2v) is 3.53. The zero-order valence-corrected chi connectivity index (χ0v) is 9.54. The lowest BCUT2D eigenvalue weighted by molar-refractivity contribution is 0.667. The summed E-state index contributed by atoms with van der Waals surface area (Å²) in [7, 11) is 0. The van der Waals surface area contributed by atoms with Crippen LogP contribution in [0.15, 0.2) is 6.20 Å². The number of rotatable bonds is 5. The molecule has 1 rings (SSSR count). The van der Waals surface area contributed by atoms with Crippen LogP contribution in [0.3, 0.4) is 0 Å². The van der Waals surface area contributed by atoms with Crippen molar-refractivity contribution in [1.29, 1.82) is 0 Å². The van der Waals surface area contributed by atoms with Crippen LogP contribution < -0.4 is 16.6 Å². The average molecular weight is 209 g/mol. The van der Waals surface area contributed by atoms with E-state index in [-0.39, 0.29) is 0 Å². The van der Waals surface area contributed by atoms with Crippen molar-refractivity contribution in [1.82, 2.24) is 9.97 Å². The van der Waals surface area contributed by atoms with Crippen molar-refractivity contribution >= 4 is 11.8 Å². The zero-order chi connectivity index (χ0) is 11.3. The van der Waals surface area contributed by atoms with Gasteiger partial charge in [0.1, 0.15) is 5.82 Å². The number of hydrogen-bond acceptors (Lipinski definition) is 5. The molecule has 0 fully saturated rings. The normalized spacial score (nSPS) is 10.5. The van der Waals surface area contributed by atoms with Crippen molar-refractivity contribution in [3.05, 3.63) is 11.8 Å². The summed E-state index contributed by atoms with van der Waals surface area (Å²) in [5.41, 5.74) is 3.47. The maximum Gasteiger partial charge on any atom is 0.239 e. The Kier molecular flexibility index (Phi) is 4.30. The molecular weight excluding hydrogens is 190 g/mol. The number of aromatic nitrogens is 2. The van der Waals surface area contributed by atoms with E-state index < -0.39 is 0 Å². The Bertz CT molecular complexity index is 309. The molecule has 84 valence electrons. The molecule has 1 aromatic rings. The minimum Gasteiger partial charge on any atom is -0.367 e. The number of nitrogen functional groups attached to an aromatic ring is 1. The Morgan fingerprint density at radius 2 is 2.07 bits per heavy atom. The molecule has 15 heavy (non-hydrogen) atoms. The molecule has 0 aliphatic rings. The zero-order valence-electron chi connectivity index (χ0n) is 9.54. The maximum absolute atomic E-state index is 5.26. The first-order valence-electron chi connectivity index (χ1n) is 5.28. The average Bonchev–Trinajstić information content (AvgIpc) is 2.28. The molecule has 0 saturated heterocycles.